The number of H-pyrrole nitrogens is 1. The number of hydrogen-bond donors (Lipinski definition) is 3. The smallest absolute Gasteiger partial charge is 0.291 e. The largest absolute Gasteiger partial charge is 0.357 e. The minimum atomic E-state index is -0.626. The Balaban J connectivity index is 2.74. The quantitative estimate of drug-likeness (QED) is 0.704. The summed E-state index contributed by atoms with van der Waals surface area (Å²) >= 11 is 0. The number of amides is 2. The third-order valence-corrected chi connectivity index (χ3v) is 2.39. The number of hydrogen-bond acceptors (Lipinski definition) is 4. The van der Waals surface area contributed by atoms with E-state index in [1.807, 2.05) is 20.8 Å². The molecule has 100 valence electrons. The van der Waals surface area contributed by atoms with Gasteiger partial charge in [-0.25, -0.2) is 4.98 Å². The van der Waals surface area contributed by atoms with Gasteiger partial charge >= 0.3 is 0 Å². The molecular formula is C11H19N5O2. The molecule has 0 spiro atoms. The normalized spacial score (nSPS) is 12.9. The van der Waals surface area contributed by atoms with Crippen LogP contribution in [-0.4, -0.2) is 40.1 Å². The lowest BCUT2D eigenvalue weighted by Gasteiger charge is -2.13. The van der Waals surface area contributed by atoms with E-state index in [9.17, 15) is 9.59 Å². The van der Waals surface area contributed by atoms with Crippen molar-refractivity contribution < 1.29 is 9.59 Å². The lowest BCUT2D eigenvalue weighted by Crippen LogP contribution is -2.43. The summed E-state index contributed by atoms with van der Waals surface area (Å²) in [7, 11) is 1.51. The number of carbonyl (C=O) groups is 2. The minimum absolute atomic E-state index is 0.0377. The number of likely N-dealkylation sites (N-methyl/N-ethyl adjacent to an activating group) is 1. The molecule has 1 unspecified atom stereocenters. The molecule has 0 bridgehead atoms. The fraction of sp³-hybridized carbons (Fsp3) is 0.636. The molecule has 1 atom stereocenters. The van der Waals surface area contributed by atoms with E-state index in [1.165, 1.54) is 7.05 Å². The molecule has 0 saturated heterocycles. The molecule has 0 fully saturated rings. The molecule has 1 rings (SSSR count). The van der Waals surface area contributed by atoms with Crippen LogP contribution in [0.5, 0.6) is 0 Å². The van der Waals surface area contributed by atoms with Crippen LogP contribution in [0.2, 0.25) is 0 Å². The van der Waals surface area contributed by atoms with Crippen LogP contribution in [0, 0.1) is 0 Å². The topological polar surface area (TPSA) is 99.8 Å². The first-order valence-electron chi connectivity index (χ1n) is 5.71. The van der Waals surface area contributed by atoms with Gasteiger partial charge in [-0.3, -0.25) is 14.7 Å². The van der Waals surface area contributed by atoms with Gasteiger partial charge in [0.25, 0.3) is 5.91 Å². The van der Waals surface area contributed by atoms with Crippen molar-refractivity contribution in [2.45, 2.75) is 39.2 Å². The molecule has 0 radical (unpaired) electrons. The number of aromatic nitrogens is 3. The second-order valence-corrected chi connectivity index (χ2v) is 5.07. The Kier molecular flexibility index (Phi) is 4.05. The first-order chi connectivity index (χ1) is 8.25. The van der Waals surface area contributed by atoms with Crippen molar-refractivity contribution in [1.82, 2.24) is 25.8 Å². The number of aromatic amines is 1. The maximum atomic E-state index is 11.8. The van der Waals surface area contributed by atoms with E-state index in [0.717, 1.165) is 0 Å². The molecule has 18 heavy (non-hydrogen) atoms. The highest BCUT2D eigenvalue weighted by atomic mass is 16.2. The SMILES string of the molecule is CNC(=O)C(C)NC(=O)c1n[nH]c(C(C)(C)C)n1. The fourth-order valence-electron chi connectivity index (χ4n) is 1.24. The third kappa shape index (κ3) is 3.28. The van der Waals surface area contributed by atoms with Gasteiger partial charge in [-0.2, -0.15) is 0 Å². The summed E-state index contributed by atoms with van der Waals surface area (Å²) in [5, 5.41) is 11.5. The van der Waals surface area contributed by atoms with E-state index in [-0.39, 0.29) is 17.1 Å². The van der Waals surface area contributed by atoms with Crippen molar-refractivity contribution in [3.63, 3.8) is 0 Å². The average molecular weight is 253 g/mol. The van der Waals surface area contributed by atoms with E-state index >= 15 is 0 Å². The molecule has 0 aromatic carbocycles. The summed E-state index contributed by atoms with van der Waals surface area (Å²) in [6.45, 7) is 7.47. The van der Waals surface area contributed by atoms with Gasteiger partial charge in [0.05, 0.1) is 0 Å². The number of rotatable bonds is 3. The van der Waals surface area contributed by atoms with Crippen LogP contribution in [0.25, 0.3) is 0 Å². The van der Waals surface area contributed by atoms with Crippen molar-refractivity contribution >= 4 is 11.8 Å². The van der Waals surface area contributed by atoms with Crippen LogP contribution in [-0.2, 0) is 10.2 Å². The first kappa shape index (κ1) is 14.1. The van der Waals surface area contributed by atoms with Crippen LogP contribution in [0.4, 0.5) is 0 Å². The molecule has 0 saturated carbocycles. The monoisotopic (exact) mass is 253 g/mol. The van der Waals surface area contributed by atoms with Gasteiger partial charge in [0.2, 0.25) is 11.7 Å². The predicted molar refractivity (Wildman–Crippen MR) is 66.1 cm³/mol. The lowest BCUT2D eigenvalue weighted by molar-refractivity contribution is -0.122. The Hall–Kier alpha value is -1.92. The Labute approximate surface area is 106 Å². The summed E-state index contributed by atoms with van der Waals surface area (Å²) in [5.41, 5.74) is -0.210. The molecule has 0 aliphatic carbocycles. The molecule has 1 aromatic heterocycles. The highest BCUT2D eigenvalue weighted by molar-refractivity contribution is 5.94. The summed E-state index contributed by atoms with van der Waals surface area (Å²) in [4.78, 5) is 27.2. The van der Waals surface area contributed by atoms with E-state index in [2.05, 4.69) is 25.8 Å². The molecule has 2 amide bonds. The van der Waals surface area contributed by atoms with Crippen molar-refractivity contribution in [3.8, 4) is 0 Å². The summed E-state index contributed by atoms with van der Waals surface area (Å²) in [6, 6.07) is -0.626. The second kappa shape index (κ2) is 5.16. The highest BCUT2D eigenvalue weighted by Crippen LogP contribution is 2.17. The Morgan fingerprint density at radius 2 is 1.94 bits per heavy atom. The maximum Gasteiger partial charge on any atom is 0.291 e. The number of nitrogens with one attached hydrogen (secondary N) is 3. The molecule has 1 heterocycles. The van der Waals surface area contributed by atoms with Crippen LogP contribution < -0.4 is 10.6 Å². The Morgan fingerprint density at radius 3 is 2.39 bits per heavy atom. The maximum absolute atomic E-state index is 11.8. The average Bonchev–Trinajstić information content (AvgIpc) is 2.76. The summed E-state index contributed by atoms with van der Waals surface area (Å²) in [6.07, 6.45) is 0. The van der Waals surface area contributed by atoms with Gasteiger partial charge in [0.15, 0.2) is 0 Å². The van der Waals surface area contributed by atoms with E-state index in [1.54, 1.807) is 6.92 Å². The summed E-state index contributed by atoms with van der Waals surface area (Å²) in [5.74, 6) is -0.0799. The Morgan fingerprint density at radius 1 is 1.33 bits per heavy atom. The van der Waals surface area contributed by atoms with Gasteiger partial charge in [0.1, 0.15) is 11.9 Å². The minimum Gasteiger partial charge on any atom is -0.357 e. The van der Waals surface area contributed by atoms with Gasteiger partial charge in [-0.15, -0.1) is 5.10 Å². The van der Waals surface area contributed by atoms with Gasteiger partial charge < -0.3 is 10.6 Å². The van der Waals surface area contributed by atoms with Crippen molar-refractivity contribution in [2.75, 3.05) is 7.05 Å². The van der Waals surface area contributed by atoms with Crippen LogP contribution >= 0.6 is 0 Å². The standard InChI is InChI=1S/C11H19N5O2/c1-6(8(17)12-5)13-9(18)7-14-10(16-15-7)11(2,3)4/h6H,1-5H3,(H,12,17)(H,13,18)(H,14,15,16). The van der Waals surface area contributed by atoms with Crippen molar-refractivity contribution in [1.29, 1.82) is 0 Å². The molecule has 7 nitrogen and oxygen atoms in total. The predicted octanol–water partition coefficient (Wildman–Crippen LogP) is -0.0335. The molecule has 1 aromatic rings. The van der Waals surface area contributed by atoms with Crippen LogP contribution in [0.1, 0.15) is 44.1 Å². The van der Waals surface area contributed by atoms with Gasteiger partial charge in [0, 0.05) is 12.5 Å². The molecular weight excluding hydrogens is 234 g/mol. The molecule has 7 heteroatoms. The number of carbonyl (C=O) groups excluding carboxylic acids is 2. The molecule has 0 aliphatic rings. The zero-order valence-corrected chi connectivity index (χ0v) is 11.3. The third-order valence-electron chi connectivity index (χ3n) is 2.39. The van der Waals surface area contributed by atoms with Crippen LogP contribution in [0.3, 0.4) is 0 Å². The van der Waals surface area contributed by atoms with Crippen molar-refractivity contribution in [3.05, 3.63) is 11.6 Å². The second-order valence-electron chi connectivity index (χ2n) is 5.07. The highest BCUT2D eigenvalue weighted by Gasteiger charge is 2.23. The van der Waals surface area contributed by atoms with E-state index in [4.69, 9.17) is 0 Å². The first-order valence-corrected chi connectivity index (χ1v) is 5.71. The van der Waals surface area contributed by atoms with E-state index in [0.29, 0.717) is 5.82 Å². The number of nitrogens with zero attached hydrogens (tertiary/aromatic N) is 2. The van der Waals surface area contributed by atoms with Crippen LogP contribution in [0.15, 0.2) is 0 Å². The zero-order chi connectivity index (χ0) is 13.9. The fourth-order valence-corrected chi connectivity index (χ4v) is 1.24. The zero-order valence-electron chi connectivity index (χ0n) is 11.3. The Bertz CT molecular complexity index is 447. The molecule has 0 aliphatic heterocycles. The van der Waals surface area contributed by atoms with Gasteiger partial charge in [-0.05, 0) is 6.92 Å². The molecule has 3 N–H and O–H groups in total. The lowest BCUT2D eigenvalue weighted by atomic mass is 9.96. The van der Waals surface area contributed by atoms with Crippen molar-refractivity contribution in [2.24, 2.45) is 0 Å². The van der Waals surface area contributed by atoms with Gasteiger partial charge in [-0.1, -0.05) is 20.8 Å². The van der Waals surface area contributed by atoms with E-state index < -0.39 is 11.9 Å². The summed E-state index contributed by atoms with van der Waals surface area (Å²) < 4.78 is 0.